The molecule has 0 spiro atoms. The van der Waals surface area contributed by atoms with Crippen molar-refractivity contribution in [2.24, 2.45) is 0 Å². The molecule has 1 aliphatic rings. The van der Waals surface area contributed by atoms with Gasteiger partial charge in [0, 0.05) is 17.3 Å². The third-order valence-electron chi connectivity index (χ3n) is 3.50. The molecule has 2 aromatic rings. The van der Waals surface area contributed by atoms with Gasteiger partial charge in [0.25, 0.3) is 0 Å². The number of nitrogen functional groups attached to an aromatic ring is 1. The first-order chi connectivity index (χ1) is 9.26. The Balaban J connectivity index is 1.98. The maximum Gasteiger partial charge on any atom is 0.161 e. The van der Waals surface area contributed by atoms with Crippen LogP contribution in [0.15, 0.2) is 30.3 Å². The lowest BCUT2D eigenvalue weighted by Gasteiger charge is -2.07. The number of nitrogens with two attached hydrogens (primary N) is 1. The van der Waals surface area contributed by atoms with Gasteiger partial charge in [0.2, 0.25) is 0 Å². The summed E-state index contributed by atoms with van der Waals surface area (Å²) in [6, 6.07) is 10.4. The van der Waals surface area contributed by atoms with E-state index in [1.807, 2.05) is 6.07 Å². The first kappa shape index (κ1) is 12.2. The largest absolute Gasteiger partial charge is 0.384 e. The molecule has 2 N–H and O–H groups in total. The maximum atomic E-state index is 5.89. The van der Waals surface area contributed by atoms with Crippen LogP contribution in [0.2, 0.25) is 0 Å². The second-order valence-electron chi connectivity index (χ2n) is 5.26. The van der Waals surface area contributed by atoms with Gasteiger partial charge in [-0.05, 0) is 36.8 Å². The quantitative estimate of drug-likeness (QED) is 0.906. The molecule has 98 valence electrons. The van der Waals surface area contributed by atoms with E-state index in [1.54, 1.807) is 0 Å². The van der Waals surface area contributed by atoms with E-state index in [-0.39, 0.29) is 0 Å². The summed E-state index contributed by atoms with van der Waals surface area (Å²) in [6.07, 6.45) is 4.63. The predicted octanol–water partition coefficient (Wildman–Crippen LogP) is 3.56. The Kier molecular flexibility index (Phi) is 3.20. The first-order valence-corrected chi connectivity index (χ1v) is 7.00. The van der Waals surface area contributed by atoms with E-state index in [9.17, 15) is 0 Å². The molecule has 3 nitrogen and oxygen atoms in total. The van der Waals surface area contributed by atoms with Crippen LogP contribution in [-0.2, 0) is 6.42 Å². The van der Waals surface area contributed by atoms with Crippen LogP contribution < -0.4 is 5.73 Å². The van der Waals surface area contributed by atoms with Gasteiger partial charge in [0.15, 0.2) is 5.82 Å². The monoisotopic (exact) mass is 253 g/mol. The second-order valence-corrected chi connectivity index (χ2v) is 5.26. The summed E-state index contributed by atoms with van der Waals surface area (Å²) in [4.78, 5) is 9.00. The van der Waals surface area contributed by atoms with Gasteiger partial charge in [-0.15, -0.1) is 0 Å². The molecule has 1 aromatic carbocycles. The fourth-order valence-electron chi connectivity index (χ4n) is 2.38. The van der Waals surface area contributed by atoms with E-state index in [1.165, 1.54) is 18.4 Å². The van der Waals surface area contributed by atoms with Crippen molar-refractivity contribution >= 4 is 5.82 Å². The van der Waals surface area contributed by atoms with Gasteiger partial charge in [0.05, 0.1) is 0 Å². The minimum atomic E-state index is 0.560. The molecule has 3 rings (SSSR count). The predicted molar refractivity (Wildman–Crippen MR) is 77.9 cm³/mol. The molecule has 0 radical (unpaired) electrons. The lowest BCUT2D eigenvalue weighted by Crippen LogP contribution is -2.00. The van der Waals surface area contributed by atoms with E-state index < -0.39 is 0 Å². The molecule has 0 bridgehead atoms. The third kappa shape index (κ3) is 2.75. The van der Waals surface area contributed by atoms with Gasteiger partial charge in [-0.1, -0.05) is 31.5 Å². The van der Waals surface area contributed by atoms with Crippen LogP contribution >= 0.6 is 0 Å². The lowest BCUT2D eigenvalue weighted by atomic mass is 10.1. The number of aryl methyl sites for hydroxylation is 1. The maximum absolute atomic E-state index is 5.89. The zero-order valence-corrected chi connectivity index (χ0v) is 11.3. The summed E-state index contributed by atoms with van der Waals surface area (Å²) in [6.45, 7) is 2.14. The van der Waals surface area contributed by atoms with Crippen molar-refractivity contribution in [3.05, 3.63) is 41.6 Å². The highest BCUT2D eigenvalue weighted by molar-refractivity contribution is 5.58. The molecule has 1 aromatic heterocycles. The number of hydrogen-bond donors (Lipinski definition) is 1. The fourth-order valence-corrected chi connectivity index (χ4v) is 2.38. The highest BCUT2D eigenvalue weighted by atomic mass is 14.9. The molecule has 1 saturated carbocycles. The van der Waals surface area contributed by atoms with Crippen molar-refractivity contribution in [3.63, 3.8) is 0 Å². The molecule has 1 aliphatic carbocycles. The van der Waals surface area contributed by atoms with Crippen LogP contribution in [0.3, 0.4) is 0 Å². The lowest BCUT2D eigenvalue weighted by molar-refractivity contribution is 0.877. The van der Waals surface area contributed by atoms with Crippen molar-refractivity contribution < 1.29 is 0 Å². The van der Waals surface area contributed by atoms with E-state index in [0.717, 1.165) is 35.8 Å². The minimum absolute atomic E-state index is 0.560. The second kappa shape index (κ2) is 5.00. The van der Waals surface area contributed by atoms with Crippen molar-refractivity contribution in [3.8, 4) is 11.4 Å². The molecular weight excluding hydrogens is 234 g/mol. The molecule has 0 amide bonds. The van der Waals surface area contributed by atoms with E-state index in [0.29, 0.717) is 5.82 Å². The zero-order valence-electron chi connectivity index (χ0n) is 11.3. The van der Waals surface area contributed by atoms with Crippen molar-refractivity contribution in [1.82, 2.24) is 9.97 Å². The van der Waals surface area contributed by atoms with Crippen molar-refractivity contribution in [2.45, 2.75) is 38.5 Å². The number of hydrogen-bond acceptors (Lipinski definition) is 3. The summed E-state index contributed by atoms with van der Waals surface area (Å²) in [5.74, 6) is 2.06. The van der Waals surface area contributed by atoms with E-state index in [2.05, 4.69) is 41.2 Å². The third-order valence-corrected chi connectivity index (χ3v) is 3.50. The van der Waals surface area contributed by atoms with Crippen molar-refractivity contribution in [1.29, 1.82) is 0 Å². The van der Waals surface area contributed by atoms with E-state index >= 15 is 0 Å². The van der Waals surface area contributed by atoms with Crippen LogP contribution in [0.4, 0.5) is 5.82 Å². The summed E-state index contributed by atoms with van der Waals surface area (Å²) in [5.41, 5.74) is 9.40. The topological polar surface area (TPSA) is 51.8 Å². The molecule has 0 unspecified atom stereocenters. The molecule has 3 heteroatoms. The number of aromatic nitrogens is 2. The Hall–Kier alpha value is -1.90. The number of nitrogens with zero attached hydrogens (tertiary/aromatic N) is 2. The normalized spacial score (nSPS) is 14.6. The first-order valence-electron chi connectivity index (χ1n) is 7.00. The molecule has 0 aliphatic heterocycles. The molecule has 0 atom stereocenters. The Bertz CT molecular complexity index is 588. The molecule has 19 heavy (non-hydrogen) atoms. The smallest absolute Gasteiger partial charge is 0.161 e. The Morgan fingerprint density at radius 1 is 1.21 bits per heavy atom. The molecule has 1 heterocycles. The Morgan fingerprint density at radius 2 is 2.05 bits per heavy atom. The average molecular weight is 253 g/mol. The molecular formula is C16H19N3. The zero-order chi connectivity index (χ0) is 13.2. The van der Waals surface area contributed by atoms with Crippen LogP contribution in [0, 0.1) is 0 Å². The van der Waals surface area contributed by atoms with Crippen LogP contribution in [0.5, 0.6) is 0 Å². The van der Waals surface area contributed by atoms with Gasteiger partial charge in [0.1, 0.15) is 5.82 Å². The van der Waals surface area contributed by atoms with Gasteiger partial charge in [-0.25, -0.2) is 9.97 Å². The van der Waals surface area contributed by atoms with Gasteiger partial charge < -0.3 is 5.73 Å². The number of benzene rings is 1. The SMILES string of the molecule is CCCc1cc(N)nc(-c2cccc(C3CC3)c2)n1. The standard InChI is InChI=1S/C16H19N3/c1-2-4-14-10-15(17)19-16(18-14)13-6-3-5-12(9-13)11-7-8-11/h3,5-6,9-11H,2,4,7-8H2,1H3,(H2,17,18,19). The summed E-state index contributed by atoms with van der Waals surface area (Å²) in [7, 11) is 0. The number of rotatable bonds is 4. The Morgan fingerprint density at radius 3 is 2.79 bits per heavy atom. The highest BCUT2D eigenvalue weighted by Gasteiger charge is 2.23. The molecule has 0 saturated heterocycles. The van der Waals surface area contributed by atoms with Gasteiger partial charge >= 0.3 is 0 Å². The van der Waals surface area contributed by atoms with Gasteiger partial charge in [-0.3, -0.25) is 0 Å². The minimum Gasteiger partial charge on any atom is -0.384 e. The summed E-state index contributed by atoms with van der Waals surface area (Å²) < 4.78 is 0. The molecule has 1 fully saturated rings. The van der Waals surface area contributed by atoms with Crippen LogP contribution in [-0.4, -0.2) is 9.97 Å². The summed E-state index contributed by atoms with van der Waals surface area (Å²) >= 11 is 0. The van der Waals surface area contributed by atoms with Crippen molar-refractivity contribution in [2.75, 3.05) is 5.73 Å². The van der Waals surface area contributed by atoms with Crippen LogP contribution in [0.1, 0.15) is 43.4 Å². The summed E-state index contributed by atoms with van der Waals surface area (Å²) in [5, 5.41) is 0. The van der Waals surface area contributed by atoms with Gasteiger partial charge in [-0.2, -0.15) is 0 Å². The van der Waals surface area contributed by atoms with E-state index in [4.69, 9.17) is 5.73 Å². The highest BCUT2D eigenvalue weighted by Crippen LogP contribution is 2.40. The Labute approximate surface area is 113 Å². The number of anilines is 1. The van der Waals surface area contributed by atoms with Crippen LogP contribution in [0.25, 0.3) is 11.4 Å². The fraction of sp³-hybridized carbons (Fsp3) is 0.375. The average Bonchev–Trinajstić information content (AvgIpc) is 3.23.